The zero-order valence-electron chi connectivity index (χ0n) is 10.5. The average Bonchev–Trinajstić information content (AvgIpc) is 2.49. The molecule has 0 fully saturated rings. The van der Waals surface area contributed by atoms with Crippen LogP contribution in [0.15, 0.2) is 64.3 Å². The summed E-state index contributed by atoms with van der Waals surface area (Å²) in [4.78, 5) is 15.6. The van der Waals surface area contributed by atoms with Gasteiger partial charge in [-0.2, -0.15) is 5.10 Å². The van der Waals surface area contributed by atoms with E-state index in [1.807, 2.05) is 36.4 Å². The van der Waals surface area contributed by atoms with E-state index in [0.717, 1.165) is 10.0 Å². The molecule has 5 heteroatoms. The molecule has 1 aromatic carbocycles. The van der Waals surface area contributed by atoms with Gasteiger partial charge in [0.15, 0.2) is 0 Å². The van der Waals surface area contributed by atoms with Gasteiger partial charge >= 0.3 is 0 Å². The van der Waals surface area contributed by atoms with Crippen molar-refractivity contribution in [2.24, 2.45) is 5.10 Å². The quantitative estimate of drug-likeness (QED) is 0.691. The third-order valence-electron chi connectivity index (χ3n) is 2.36. The number of hydrazone groups is 1. The Labute approximate surface area is 125 Å². The van der Waals surface area contributed by atoms with E-state index in [-0.39, 0.29) is 5.91 Å². The molecule has 1 aromatic heterocycles. The van der Waals surface area contributed by atoms with Crippen molar-refractivity contribution in [3.8, 4) is 0 Å². The number of benzene rings is 1. The number of pyridine rings is 1. The molecule has 0 radical (unpaired) electrons. The van der Waals surface area contributed by atoms with E-state index in [4.69, 9.17) is 0 Å². The number of carbonyl (C=O) groups excluding carboxylic acids is 1. The highest BCUT2D eigenvalue weighted by Crippen LogP contribution is 2.09. The van der Waals surface area contributed by atoms with Crippen LogP contribution in [0.3, 0.4) is 0 Å². The average molecular weight is 330 g/mol. The van der Waals surface area contributed by atoms with E-state index in [1.165, 1.54) is 6.21 Å². The first-order valence-electron chi connectivity index (χ1n) is 5.92. The third-order valence-corrected chi connectivity index (χ3v) is 2.79. The Hall–Kier alpha value is -2.27. The SMILES string of the molecule is O=C(NN=CC(Br)=Cc1ccccc1)c1ccccn1. The van der Waals surface area contributed by atoms with Crippen LogP contribution in [0.25, 0.3) is 6.08 Å². The monoisotopic (exact) mass is 329 g/mol. The molecule has 0 aliphatic carbocycles. The molecule has 2 rings (SSSR count). The zero-order valence-corrected chi connectivity index (χ0v) is 12.1. The van der Waals surface area contributed by atoms with E-state index >= 15 is 0 Å². The second kappa shape index (κ2) is 7.35. The standard InChI is InChI=1S/C15H12BrN3O/c16-13(10-12-6-2-1-3-7-12)11-18-19-15(20)14-8-4-5-9-17-14/h1-11H,(H,19,20). The number of hydrogen-bond acceptors (Lipinski definition) is 3. The van der Waals surface area contributed by atoms with Crippen molar-refractivity contribution in [3.63, 3.8) is 0 Å². The Morgan fingerprint density at radius 3 is 2.60 bits per heavy atom. The van der Waals surface area contributed by atoms with Gasteiger partial charge in [-0.3, -0.25) is 9.78 Å². The molecule has 0 saturated carbocycles. The van der Waals surface area contributed by atoms with Gasteiger partial charge < -0.3 is 0 Å². The van der Waals surface area contributed by atoms with Gasteiger partial charge in [0.2, 0.25) is 0 Å². The fourth-order valence-electron chi connectivity index (χ4n) is 1.45. The molecule has 0 atom stereocenters. The van der Waals surface area contributed by atoms with Crippen LogP contribution in [-0.4, -0.2) is 17.1 Å². The number of rotatable bonds is 4. The molecule has 1 amide bonds. The lowest BCUT2D eigenvalue weighted by molar-refractivity contribution is 0.0950. The van der Waals surface area contributed by atoms with Gasteiger partial charge in [-0.25, -0.2) is 5.43 Å². The van der Waals surface area contributed by atoms with E-state index in [0.29, 0.717) is 5.69 Å². The molecule has 0 spiro atoms. The highest BCUT2D eigenvalue weighted by molar-refractivity contribution is 9.12. The van der Waals surface area contributed by atoms with Crippen LogP contribution in [-0.2, 0) is 0 Å². The van der Waals surface area contributed by atoms with E-state index < -0.39 is 0 Å². The molecule has 1 heterocycles. The zero-order chi connectivity index (χ0) is 14.2. The van der Waals surface area contributed by atoms with E-state index in [2.05, 4.69) is 31.4 Å². The van der Waals surface area contributed by atoms with Crippen LogP contribution in [0.1, 0.15) is 16.1 Å². The van der Waals surface area contributed by atoms with Gasteiger partial charge in [-0.15, -0.1) is 0 Å². The second-order valence-electron chi connectivity index (χ2n) is 3.85. The summed E-state index contributed by atoms with van der Waals surface area (Å²) in [7, 11) is 0. The summed E-state index contributed by atoms with van der Waals surface area (Å²) in [6, 6.07) is 14.9. The first-order chi connectivity index (χ1) is 9.75. The number of halogens is 1. The molecule has 4 nitrogen and oxygen atoms in total. The fraction of sp³-hybridized carbons (Fsp3) is 0. The maximum Gasteiger partial charge on any atom is 0.289 e. The van der Waals surface area contributed by atoms with Gasteiger partial charge in [0.25, 0.3) is 5.91 Å². The van der Waals surface area contributed by atoms with Crippen molar-refractivity contribution in [2.75, 3.05) is 0 Å². The number of aromatic nitrogens is 1. The van der Waals surface area contributed by atoms with Crippen molar-refractivity contribution in [3.05, 3.63) is 70.5 Å². The minimum Gasteiger partial charge on any atom is -0.266 e. The van der Waals surface area contributed by atoms with Crippen molar-refractivity contribution in [1.29, 1.82) is 0 Å². The Kier molecular flexibility index (Phi) is 5.20. The van der Waals surface area contributed by atoms with Gasteiger partial charge in [0.1, 0.15) is 5.69 Å². The summed E-state index contributed by atoms with van der Waals surface area (Å²) >= 11 is 3.37. The summed E-state index contributed by atoms with van der Waals surface area (Å²) < 4.78 is 0.755. The Bertz CT molecular complexity index is 624. The normalized spacial score (nSPS) is 11.6. The van der Waals surface area contributed by atoms with Crippen LogP contribution < -0.4 is 5.43 Å². The number of hydrogen-bond donors (Lipinski definition) is 1. The molecule has 20 heavy (non-hydrogen) atoms. The fourth-order valence-corrected chi connectivity index (χ4v) is 1.82. The lowest BCUT2D eigenvalue weighted by Gasteiger charge is -1.97. The number of nitrogens with one attached hydrogen (secondary N) is 1. The highest BCUT2D eigenvalue weighted by atomic mass is 79.9. The molecule has 0 aliphatic heterocycles. The number of allylic oxidation sites excluding steroid dienone is 1. The second-order valence-corrected chi connectivity index (χ2v) is 4.77. The predicted octanol–water partition coefficient (Wildman–Crippen LogP) is 3.23. The van der Waals surface area contributed by atoms with E-state index in [9.17, 15) is 4.79 Å². The summed E-state index contributed by atoms with van der Waals surface area (Å²) in [5.41, 5.74) is 3.78. The molecular weight excluding hydrogens is 318 g/mol. The minimum absolute atomic E-state index is 0.327. The number of nitrogens with zero attached hydrogens (tertiary/aromatic N) is 2. The summed E-state index contributed by atoms with van der Waals surface area (Å²) in [6.45, 7) is 0. The van der Waals surface area contributed by atoms with Crippen molar-refractivity contribution < 1.29 is 4.79 Å². The van der Waals surface area contributed by atoms with Gasteiger partial charge in [-0.05, 0) is 39.7 Å². The molecule has 0 aliphatic rings. The number of amides is 1. The topological polar surface area (TPSA) is 54.4 Å². The van der Waals surface area contributed by atoms with Crippen LogP contribution in [0.2, 0.25) is 0 Å². The van der Waals surface area contributed by atoms with Crippen molar-refractivity contribution >= 4 is 34.1 Å². The molecule has 1 N–H and O–H groups in total. The summed E-state index contributed by atoms with van der Waals surface area (Å²) in [5, 5.41) is 3.86. The smallest absolute Gasteiger partial charge is 0.266 e. The third kappa shape index (κ3) is 4.44. The van der Waals surface area contributed by atoms with Gasteiger partial charge in [0, 0.05) is 10.7 Å². The first kappa shape index (κ1) is 14.1. The summed E-state index contributed by atoms with van der Waals surface area (Å²) in [5.74, 6) is -0.345. The van der Waals surface area contributed by atoms with E-state index in [1.54, 1.807) is 24.4 Å². The molecule has 0 bridgehead atoms. The van der Waals surface area contributed by atoms with Gasteiger partial charge in [-0.1, -0.05) is 36.4 Å². The van der Waals surface area contributed by atoms with Crippen molar-refractivity contribution in [2.45, 2.75) is 0 Å². The largest absolute Gasteiger partial charge is 0.289 e. The molecule has 100 valence electrons. The van der Waals surface area contributed by atoms with Gasteiger partial charge in [0.05, 0.1) is 6.21 Å². The lowest BCUT2D eigenvalue weighted by atomic mass is 10.2. The van der Waals surface area contributed by atoms with Crippen LogP contribution in [0.5, 0.6) is 0 Å². The van der Waals surface area contributed by atoms with Crippen LogP contribution in [0.4, 0.5) is 0 Å². The first-order valence-corrected chi connectivity index (χ1v) is 6.72. The maximum atomic E-state index is 11.7. The van der Waals surface area contributed by atoms with Crippen molar-refractivity contribution in [1.82, 2.24) is 10.4 Å². The molecule has 2 aromatic rings. The molecular formula is C15H12BrN3O. The highest BCUT2D eigenvalue weighted by Gasteiger charge is 2.03. The Morgan fingerprint density at radius 2 is 1.90 bits per heavy atom. The Balaban J connectivity index is 1.94. The predicted molar refractivity (Wildman–Crippen MR) is 83.5 cm³/mol. The van der Waals surface area contributed by atoms with Crippen LogP contribution >= 0.6 is 15.9 Å². The molecule has 0 saturated heterocycles. The summed E-state index contributed by atoms with van der Waals surface area (Å²) in [6.07, 6.45) is 4.98. The number of carbonyl (C=O) groups is 1. The lowest BCUT2D eigenvalue weighted by Crippen LogP contribution is -2.18. The molecule has 0 unspecified atom stereocenters. The maximum absolute atomic E-state index is 11.7. The Morgan fingerprint density at radius 1 is 1.15 bits per heavy atom. The minimum atomic E-state index is -0.345. The van der Waals surface area contributed by atoms with Crippen LogP contribution in [0, 0.1) is 0 Å².